The zero-order valence-corrected chi connectivity index (χ0v) is 21.8. The Labute approximate surface area is 222 Å². The summed E-state index contributed by atoms with van der Waals surface area (Å²) in [6.07, 6.45) is 1.11. The fraction of sp³-hybridized carbons (Fsp3) is 0.400. The summed E-state index contributed by atoms with van der Waals surface area (Å²) in [5.41, 5.74) is 1.36. The zero-order valence-electron chi connectivity index (χ0n) is 21.0. The molecule has 1 aliphatic heterocycles. The van der Waals surface area contributed by atoms with E-state index in [1.807, 2.05) is 11.8 Å². The highest BCUT2D eigenvalue weighted by Crippen LogP contribution is 2.30. The van der Waals surface area contributed by atoms with Crippen molar-refractivity contribution in [1.82, 2.24) is 24.5 Å². The summed E-state index contributed by atoms with van der Waals surface area (Å²) in [4.78, 5) is 6.57. The van der Waals surface area contributed by atoms with Gasteiger partial charge in [0.25, 0.3) is 5.89 Å². The predicted octanol–water partition coefficient (Wildman–Crippen LogP) is 3.64. The van der Waals surface area contributed by atoms with Gasteiger partial charge in [0.1, 0.15) is 11.5 Å². The molecule has 1 aliphatic rings. The molecular formula is C25H27F3N6O4S. The van der Waals surface area contributed by atoms with Crippen molar-refractivity contribution in [1.29, 1.82) is 0 Å². The molecule has 0 amide bonds. The van der Waals surface area contributed by atoms with E-state index in [9.17, 15) is 26.7 Å². The Morgan fingerprint density at radius 1 is 1.18 bits per heavy atom. The van der Waals surface area contributed by atoms with Gasteiger partial charge in [0.15, 0.2) is 0 Å². The number of hydrogen-bond acceptors (Lipinski definition) is 8. The van der Waals surface area contributed by atoms with Gasteiger partial charge in [-0.3, -0.25) is 9.21 Å². The summed E-state index contributed by atoms with van der Waals surface area (Å²) < 4.78 is 75.4. The number of sulfonamides is 1. The van der Waals surface area contributed by atoms with Gasteiger partial charge in [-0.25, -0.2) is 17.8 Å². The number of rotatable bonds is 9. The number of pyridine rings is 1. The van der Waals surface area contributed by atoms with Gasteiger partial charge in [-0.05, 0) is 63.2 Å². The van der Waals surface area contributed by atoms with Crippen molar-refractivity contribution in [2.24, 2.45) is 0 Å². The molecule has 0 saturated carbocycles. The van der Waals surface area contributed by atoms with E-state index >= 15 is 0 Å². The molecule has 5 rings (SSSR count). The second-order valence-corrected chi connectivity index (χ2v) is 11.6. The number of imidazole rings is 1. The molecule has 1 N–H and O–H groups in total. The van der Waals surface area contributed by atoms with Gasteiger partial charge in [-0.15, -0.1) is 10.2 Å². The lowest BCUT2D eigenvalue weighted by Gasteiger charge is -2.37. The minimum absolute atomic E-state index is 0.0116. The second-order valence-electron chi connectivity index (χ2n) is 9.46. The first kappa shape index (κ1) is 27.1. The molecule has 10 nitrogen and oxygen atoms in total. The third kappa shape index (κ3) is 5.63. The molecule has 1 atom stereocenters. The summed E-state index contributed by atoms with van der Waals surface area (Å²) in [7, 11) is -3.92. The Balaban J connectivity index is 1.43. The minimum Gasteiger partial charge on any atom is -0.415 e. The van der Waals surface area contributed by atoms with Crippen molar-refractivity contribution in [2.45, 2.75) is 44.0 Å². The van der Waals surface area contributed by atoms with Crippen LogP contribution in [0.25, 0.3) is 17.1 Å². The third-order valence-corrected chi connectivity index (χ3v) is 9.15. The summed E-state index contributed by atoms with van der Waals surface area (Å²) in [5.74, 6) is -1.45. The van der Waals surface area contributed by atoms with Crippen molar-refractivity contribution < 1.29 is 31.1 Å². The molecule has 1 unspecified atom stereocenters. The maximum absolute atomic E-state index is 14.2. The lowest BCUT2D eigenvalue weighted by Crippen LogP contribution is -2.48. The van der Waals surface area contributed by atoms with Crippen LogP contribution >= 0.6 is 0 Å². The fourth-order valence-corrected chi connectivity index (χ4v) is 6.59. The molecule has 14 heteroatoms. The van der Waals surface area contributed by atoms with Gasteiger partial charge < -0.3 is 13.9 Å². The van der Waals surface area contributed by atoms with Crippen LogP contribution in [0.15, 0.2) is 53.2 Å². The van der Waals surface area contributed by atoms with E-state index in [4.69, 9.17) is 4.42 Å². The average Bonchev–Trinajstić information content (AvgIpc) is 3.58. The number of aliphatic hydroxyl groups is 1. The Kier molecular flexibility index (Phi) is 7.60. The van der Waals surface area contributed by atoms with E-state index in [2.05, 4.69) is 15.2 Å². The zero-order chi connectivity index (χ0) is 27.7. The first-order valence-electron chi connectivity index (χ1n) is 12.4. The molecule has 4 aromatic rings. The number of aromatic nitrogens is 4. The smallest absolute Gasteiger partial charge is 0.314 e. The van der Waals surface area contributed by atoms with Crippen LogP contribution < -0.4 is 4.31 Å². The first-order valence-corrected chi connectivity index (χ1v) is 13.9. The van der Waals surface area contributed by atoms with Crippen molar-refractivity contribution >= 4 is 21.4 Å². The summed E-state index contributed by atoms with van der Waals surface area (Å²) in [5, 5.41) is 15.7. The molecular weight excluding hydrogens is 537 g/mol. The number of fused-ring (bicyclic) bond motifs is 1. The van der Waals surface area contributed by atoms with Crippen LogP contribution in [-0.4, -0.2) is 69.0 Å². The highest BCUT2D eigenvalue weighted by Gasteiger charge is 2.36. The standard InChI is InChI=1S/C25H27F3N6O4S/c1-16(15-35)32-9-6-21(7-10-32)39(36,37)34(20-4-2-3-18(26)12-20)14-19-13-33-8-5-17(11-22(33)29-19)24-30-31-25(38-24)23(27)28/h2-5,8,11-13,16,21,23,35H,6-7,9-10,14-15H2,1H3. The Bertz CT molecular complexity index is 1550. The van der Waals surface area contributed by atoms with Crippen LogP contribution in [0.1, 0.15) is 37.8 Å². The Morgan fingerprint density at radius 2 is 1.95 bits per heavy atom. The summed E-state index contributed by atoms with van der Waals surface area (Å²) >= 11 is 0. The van der Waals surface area contributed by atoms with Crippen molar-refractivity contribution in [3.63, 3.8) is 0 Å². The molecule has 39 heavy (non-hydrogen) atoms. The molecule has 1 fully saturated rings. The molecule has 0 bridgehead atoms. The van der Waals surface area contributed by atoms with Gasteiger partial charge in [0, 0.05) is 24.0 Å². The van der Waals surface area contributed by atoms with E-state index in [1.54, 1.807) is 28.9 Å². The molecule has 1 aromatic carbocycles. The monoisotopic (exact) mass is 564 g/mol. The molecule has 4 heterocycles. The number of halogens is 3. The number of benzene rings is 1. The number of alkyl halides is 2. The lowest BCUT2D eigenvalue weighted by atomic mass is 10.1. The van der Waals surface area contributed by atoms with Gasteiger partial charge in [0.05, 0.1) is 29.8 Å². The highest BCUT2D eigenvalue weighted by atomic mass is 32.2. The van der Waals surface area contributed by atoms with Crippen LogP contribution in [0.2, 0.25) is 0 Å². The third-order valence-electron chi connectivity index (χ3n) is 6.88. The van der Waals surface area contributed by atoms with Crippen molar-refractivity contribution in [2.75, 3.05) is 24.0 Å². The van der Waals surface area contributed by atoms with Crippen LogP contribution in [0.5, 0.6) is 0 Å². The number of aliphatic hydroxyl groups excluding tert-OH is 1. The lowest BCUT2D eigenvalue weighted by molar-refractivity contribution is 0.116. The summed E-state index contributed by atoms with van der Waals surface area (Å²) in [6, 6.07) is 8.48. The summed E-state index contributed by atoms with van der Waals surface area (Å²) in [6.45, 7) is 2.76. The van der Waals surface area contributed by atoms with Gasteiger partial charge in [-0.1, -0.05) is 6.07 Å². The normalized spacial score (nSPS) is 16.3. The fourth-order valence-electron chi connectivity index (χ4n) is 4.70. The van der Waals surface area contributed by atoms with Crippen LogP contribution in [0.4, 0.5) is 18.9 Å². The topological polar surface area (TPSA) is 117 Å². The maximum Gasteiger partial charge on any atom is 0.314 e. The van der Waals surface area contributed by atoms with E-state index in [1.165, 1.54) is 28.6 Å². The quantitative estimate of drug-likeness (QED) is 0.328. The molecule has 1 saturated heterocycles. The Hall–Kier alpha value is -3.49. The van der Waals surface area contributed by atoms with Gasteiger partial charge in [0.2, 0.25) is 15.9 Å². The SMILES string of the molecule is CC(CO)N1CCC(S(=O)(=O)N(Cc2cn3ccc(-c4nnc(C(F)F)o4)cc3n2)c2cccc(F)c2)CC1. The number of hydrogen-bond donors (Lipinski definition) is 1. The largest absolute Gasteiger partial charge is 0.415 e. The number of anilines is 1. The van der Waals surface area contributed by atoms with E-state index in [0.29, 0.717) is 42.8 Å². The van der Waals surface area contributed by atoms with Gasteiger partial charge in [-0.2, -0.15) is 8.78 Å². The predicted molar refractivity (Wildman–Crippen MR) is 136 cm³/mol. The number of nitrogens with zero attached hydrogens (tertiary/aromatic N) is 6. The molecule has 208 valence electrons. The number of likely N-dealkylation sites (tertiary alicyclic amines) is 1. The van der Waals surface area contributed by atoms with Crippen LogP contribution in [-0.2, 0) is 16.6 Å². The molecule has 3 aromatic heterocycles. The van der Waals surface area contributed by atoms with Crippen LogP contribution in [0, 0.1) is 5.82 Å². The minimum atomic E-state index is -3.92. The van der Waals surface area contributed by atoms with Crippen LogP contribution in [0.3, 0.4) is 0 Å². The molecule has 0 radical (unpaired) electrons. The average molecular weight is 565 g/mol. The first-order chi connectivity index (χ1) is 18.7. The van der Waals surface area contributed by atoms with E-state index in [-0.39, 0.29) is 30.8 Å². The molecule has 0 aliphatic carbocycles. The Morgan fingerprint density at radius 3 is 2.62 bits per heavy atom. The van der Waals surface area contributed by atoms with E-state index in [0.717, 1.165) is 0 Å². The second kappa shape index (κ2) is 10.9. The van der Waals surface area contributed by atoms with Crippen molar-refractivity contribution in [3.05, 3.63) is 66.2 Å². The highest BCUT2D eigenvalue weighted by molar-refractivity contribution is 7.93. The number of piperidine rings is 1. The maximum atomic E-state index is 14.2. The molecule has 0 spiro atoms. The van der Waals surface area contributed by atoms with E-state index < -0.39 is 33.4 Å². The van der Waals surface area contributed by atoms with Gasteiger partial charge >= 0.3 is 6.43 Å². The van der Waals surface area contributed by atoms with Crippen molar-refractivity contribution in [3.8, 4) is 11.5 Å².